The van der Waals surface area contributed by atoms with E-state index in [0.717, 1.165) is 6.07 Å². The molecule has 10 nitrogen and oxygen atoms in total. The first-order chi connectivity index (χ1) is 17.3. The summed E-state index contributed by atoms with van der Waals surface area (Å²) in [5.74, 6) is -0.197. The second-order valence-corrected chi connectivity index (χ2v) is 8.41. The summed E-state index contributed by atoms with van der Waals surface area (Å²) in [5.41, 5.74) is 1.06. The number of carbonyl (C=O) groups is 1. The largest absolute Gasteiger partial charge is 0.508 e. The minimum atomic E-state index is -1.07. The van der Waals surface area contributed by atoms with E-state index in [1.165, 1.54) is 26.4 Å². The lowest BCUT2D eigenvalue weighted by atomic mass is 9.92. The lowest BCUT2D eigenvalue weighted by molar-refractivity contribution is -0.0139. The lowest BCUT2D eigenvalue weighted by Gasteiger charge is -2.35. The number of phenols is 3. The first-order valence-corrected chi connectivity index (χ1v) is 11.1. The monoisotopic (exact) mass is 496 g/mol. The number of aliphatic hydroxyl groups is 1. The third kappa shape index (κ3) is 3.90. The molecule has 4 atom stereocenters. The Hall–Kier alpha value is -4.15. The predicted octanol–water partition coefficient (Wildman–Crippen LogP) is 3.02. The van der Waals surface area contributed by atoms with Gasteiger partial charge in [0.05, 0.1) is 13.7 Å². The predicted molar refractivity (Wildman–Crippen MR) is 124 cm³/mol. The quantitative estimate of drug-likeness (QED) is 0.416. The Bertz CT molecular complexity index is 1320. The molecule has 5 rings (SSSR count). The van der Waals surface area contributed by atoms with Crippen molar-refractivity contribution in [2.75, 3.05) is 20.8 Å². The summed E-state index contributed by atoms with van der Waals surface area (Å²) in [6, 6.07) is 12.0. The van der Waals surface area contributed by atoms with Gasteiger partial charge < -0.3 is 44.1 Å². The van der Waals surface area contributed by atoms with Crippen molar-refractivity contribution in [3.63, 3.8) is 0 Å². The van der Waals surface area contributed by atoms with Crippen molar-refractivity contribution in [1.82, 2.24) is 0 Å². The molecule has 0 fully saturated rings. The van der Waals surface area contributed by atoms with Crippen molar-refractivity contribution >= 4 is 5.78 Å². The summed E-state index contributed by atoms with van der Waals surface area (Å²) in [5, 5.41) is 39.9. The molecular weight excluding hydrogens is 472 g/mol. The van der Waals surface area contributed by atoms with Crippen molar-refractivity contribution in [3.8, 4) is 40.2 Å². The van der Waals surface area contributed by atoms with Gasteiger partial charge in [-0.05, 0) is 29.8 Å². The molecule has 36 heavy (non-hydrogen) atoms. The molecule has 0 bridgehead atoms. The maximum atomic E-state index is 13.1. The van der Waals surface area contributed by atoms with E-state index >= 15 is 0 Å². The zero-order valence-electron chi connectivity index (χ0n) is 19.4. The highest BCUT2D eigenvalue weighted by atomic mass is 16.6. The van der Waals surface area contributed by atoms with E-state index in [9.17, 15) is 25.2 Å². The van der Waals surface area contributed by atoms with Gasteiger partial charge in [0, 0.05) is 24.8 Å². The van der Waals surface area contributed by atoms with Crippen molar-refractivity contribution in [1.29, 1.82) is 0 Å². The topological polar surface area (TPSA) is 144 Å². The molecule has 2 heterocycles. The standard InChI is InChI=1S/C26H24O10/c1-32-18-7-12(3-5-15(18)29)24-21(11-27)34-17-6-4-13(8-19(17)35-24)25-26(33-2)23(31)22-16(30)9-14(28)10-20(22)36-25/h3-10,21,24-30H,11H2,1-2H3. The number of hydrogen-bond donors (Lipinski definition) is 4. The van der Waals surface area contributed by atoms with Gasteiger partial charge >= 0.3 is 0 Å². The molecular formula is C26H24O10. The van der Waals surface area contributed by atoms with E-state index < -0.39 is 35.9 Å². The molecule has 0 spiro atoms. The van der Waals surface area contributed by atoms with Gasteiger partial charge in [0.2, 0.25) is 5.78 Å². The number of aromatic hydroxyl groups is 3. The molecule has 4 N–H and O–H groups in total. The average molecular weight is 496 g/mol. The van der Waals surface area contributed by atoms with E-state index in [2.05, 4.69) is 0 Å². The summed E-state index contributed by atoms with van der Waals surface area (Å²) in [4.78, 5) is 13.1. The second kappa shape index (κ2) is 9.14. The Morgan fingerprint density at radius 2 is 1.53 bits per heavy atom. The van der Waals surface area contributed by atoms with E-state index in [1.807, 2.05) is 0 Å². The van der Waals surface area contributed by atoms with Gasteiger partial charge in [0.25, 0.3) is 0 Å². The van der Waals surface area contributed by atoms with Gasteiger partial charge in [-0.25, -0.2) is 0 Å². The molecule has 0 radical (unpaired) electrons. The molecule has 2 aliphatic heterocycles. The maximum Gasteiger partial charge on any atom is 0.203 e. The number of fused-ring (bicyclic) bond motifs is 2. The number of ketones is 1. The smallest absolute Gasteiger partial charge is 0.203 e. The first-order valence-electron chi connectivity index (χ1n) is 11.1. The Balaban J connectivity index is 1.51. The Morgan fingerprint density at radius 1 is 0.806 bits per heavy atom. The Morgan fingerprint density at radius 3 is 2.25 bits per heavy atom. The van der Waals surface area contributed by atoms with Crippen LogP contribution in [-0.2, 0) is 4.74 Å². The summed E-state index contributed by atoms with van der Waals surface area (Å²) >= 11 is 0. The number of hydrogen-bond acceptors (Lipinski definition) is 10. The van der Waals surface area contributed by atoms with Gasteiger partial charge in [0.1, 0.15) is 22.8 Å². The highest BCUT2D eigenvalue weighted by molar-refractivity contribution is 6.05. The van der Waals surface area contributed by atoms with E-state index in [1.54, 1.807) is 30.3 Å². The minimum Gasteiger partial charge on any atom is -0.508 e. The maximum absolute atomic E-state index is 13.1. The molecule has 0 saturated heterocycles. The molecule has 0 aromatic heterocycles. The van der Waals surface area contributed by atoms with Gasteiger partial charge in [-0.3, -0.25) is 4.79 Å². The third-order valence-electron chi connectivity index (χ3n) is 6.23. The SMILES string of the molecule is COc1cc(C2Oc3cc(C4Oc5cc(O)cc(O)c5C(=O)C4OC)ccc3OC2CO)ccc1O. The molecule has 3 aromatic rings. The van der Waals surface area contributed by atoms with Crippen LogP contribution in [0, 0.1) is 0 Å². The summed E-state index contributed by atoms with van der Waals surface area (Å²) in [6.07, 6.45) is -3.44. The van der Waals surface area contributed by atoms with Crippen LogP contribution in [0.1, 0.15) is 33.7 Å². The first kappa shape index (κ1) is 23.6. The molecule has 10 heteroatoms. The number of carbonyl (C=O) groups excluding carboxylic acids is 1. The van der Waals surface area contributed by atoms with Crippen molar-refractivity contribution < 1.29 is 48.9 Å². The minimum absolute atomic E-state index is 0.0279. The van der Waals surface area contributed by atoms with Crippen molar-refractivity contribution in [3.05, 3.63) is 65.2 Å². The van der Waals surface area contributed by atoms with Crippen LogP contribution in [0.2, 0.25) is 0 Å². The number of phenolic OH excluding ortho intramolecular Hbond substituents is 3. The summed E-state index contributed by atoms with van der Waals surface area (Å²) < 4.78 is 28.8. The summed E-state index contributed by atoms with van der Waals surface area (Å²) in [6.45, 7) is -0.329. The number of ether oxygens (including phenoxy) is 5. The fourth-order valence-electron chi connectivity index (χ4n) is 4.49. The normalized spacial score (nSPS) is 22.5. The van der Waals surface area contributed by atoms with Crippen LogP contribution in [0.4, 0.5) is 0 Å². The fraction of sp³-hybridized carbons (Fsp3) is 0.269. The van der Waals surface area contributed by atoms with E-state index in [4.69, 9.17) is 23.7 Å². The molecule has 3 aromatic carbocycles. The molecule has 4 unspecified atom stereocenters. The zero-order chi connectivity index (χ0) is 25.6. The van der Waals surface area contributed by atoms with Crippen LogP contribution in [0.15, 0.2) is 48.5 Å². The van der Waals surface area contributed by atoms with Crippen LogP contribution < -0.4 is 18.9 Å². The fourth-order valence-corrected chi connectivity index (χ4v) is 4.49. The van der Waals surface area contributed by atoms with Crippen LogP contribution in [-0.4, -0.2) is 59.2 Å². The van der Waals surface area contributed by atoms with Crippen molar-refractivity contribution in [2.45, 2.75) is 24.4 Å². The molecule has 0 amide bonds. The Labute approximate surface area is 205 Å². The number of methoxy groups -OCH3 is 2. The van der Waals surface area contributed by atoms with Crippen molar-refractivity contribution in [2.24, 2.45) is 0 Å². The second-order valence-electron chi connectivity index (χ2n) is 8.41. The van der Waals surface area contributed by atoms with Gasteiger partial charge in [-0.1, -0.05) is 12.1 Å². The lowest BCUT2D eigenvalue weighted by Crippen LogP contribution is -2.38. The third-order valence-corrected chi connectivity index (χ3v) is 6.23. The van der Waals surface area contributed by atoms with Crippen LogP contribution in [0.3, 0.4) is 0 Å². The molecule has 0 saturated carbocycles. The number of benzene rings is 3. The Kier molecular flexibility index (Phi) is 5.99. The van der Waals surface area contributed by atoms with E-state index in [-0.39, 0.29) is 35.2 Å². The van der Waals surface area contributed by atoms with Gasteiger partial charge in [-0.2, -0.15) is 0 Å². The highest BCUT2D eigenvalue weighted by Crippen LogP contribution is 2.46. The molecule has 0 aliphatic carbocycles. The van der Waals surface area contributed by atoms with Gasteiger partial charge in [0.15, 0.2) is 47.4 Å². The highest BCUT2D eigenvalue weighted by Gasteiger charge is 2.41. The molecule has 188 valence electrons. The molecule has 2 aliphatic rings. The number of aliphatic hydroxyl groups excluding tert-OH is 1. The van der Waals surface area contributed by atoms with E-state index in [0.29, 0.717) is 22.6 Å². The van der Waals surface area contributed by atoms with Crippen LogP contribution in [0.25, 0.3) is 0 Å². The van der Waals surface area contributed by atoms with Gasteiger partial charge in [-0.15, -0.1) is 0 Å². The van der Waals surface area contributed by atoms with Crippen LogP contribution >= 0.6 is 0 Å². The van der Waals surface area contributed by atoms with Crippen LogP contribution in [0.5, 0.6) is 40.2 Å². The zero-order valence-corrected chi connectivity index (χ0v) is 19.4. The summed E-state index contributed by atoms with van der Waals surface area (Å²) in [7, 11) is 2.79. The number of rotatable bonds is 5. The number of Topliss-reactive ketones (excluding diaryl/α,β-unsaturated/α-hetero) is 1. The average Bonchev–Trinajstić information content (AvgIpc) is 2.87.